The van der Waals surface area contributed by atoms with Gasteiger partial charge >= 0.3 is 0 Å². The third-order valence-corrected chi connectivity index (χ3v) is 4.69. The Morgan fingerprint density at radius 1 is 1.19 bits per heavy atom. The van der Waals surface area contributed by atoms with E-state index in [-0.39, 0.29) is 12.5 Å². The molecule has 0 unspecified atom stereocenters. The van der Waals surface area contributed by atoms with Crippen LogP contribution in [0.25, 0.3) is 11.3 Å². The number of aromatic nitrogens is 1. The Balaban J connectivity index is 1.64. The summed E-state index contributed by atoms with van der Waals surface area (Å²) in [5.41, 5.74) is 1.58. The van der Waals surface area contributed by atoms with E-state index in [9.17, 15) is 4.79 Å². The molecule has 0 saturated heterocycles. The second-order valence-corrected chi connectivity index (χ2v) is 6.85. The SMILES string of the molecule is COc1ccccc1-c1csc(NC(=O)COc2cc(Cl)ccc2Cl)n1. The second kappa shape index (κ2) is 8.40. The number of carbonyl (C=O) groups is 1. The number of amides is 1. The minimum Gasteiger partial charge on any atom is -0.496 e. The zero-order valence-corrected chi connectivity index (χ0v) is 16.0. The average Bonchev–Trinajstić information content (AvgIpc) is 3.10. The molecule has 8 heteroatoms. The number of thiazole rings is 1. The number of nitrogens with zero attached hydrogens (tertiary/aromatic N) is 1. The molecule has 0 saturated carbocycles. The van der Waals surface area contributed by atoms with Gasteiger partial charge in [-0.1, -0.05) is 35.3 Å². The Bertz CT molecular complexity index is 930. The Labute approximate surface area is 164 Å². The largest absolute Gasteiger partial charge is 0.496 e. The van der Waals surface area contributed by atoms with Crippen molar-refractivity contribution in [3.05, 3.63) is 57.9 Å². The highest BCUT2D eigenvalue weighted by atomic mass is 35.5. The molecule has 0 fully saturated rings. The van der Waals surface area contributed by atoms with E-state index in [1.807, 2.05) is 29.6 Å². The van der Waals surface area contributed by atoms with Gasteiger partial charge in [0.1, 0.15) is 11.5 Å². The van der Waals surface area contributed by atoms with E-state index < -0.39 is 0 Å². The Hall–Kier alpha value is -2.28. The molecule has 0 aliphatic heterocycles. The van der Waals surface area contributed by atoms with Crippen molar-refractivity contribution in [2.45, 2.75) is 0 Å². The van der Waals surface area contributed by atoms with Crippen LogP contribution in [-0.4, -0.2) is 24.6 Å². The smallest absolute Gasteiger partial charge is 0.264 e. The molecule has 134 valence electrons. The van der Waals surface area contributed by atoms with Crippen LogP contribution in [-0.2, 0) is 4.79 Å². The van der Waals surface area contributed by atoms with Gasteiger partial charge in [-0.2, -0.15) is 0 Å². The zero-order valence-electron chi connectivity index (χ0n) is 13.7. The van der Waals surface area contributed by atoms with E-state index in [2.05, 4.69) is 10.3 Å². The molecule has 0 aliphatic rings. The number of rotatable bonds is 6. The van der Waals surface area contributed by atoms with E-state index in [0.29, 0.717) is 20.9 Å². The number of carbonyl (C=O) groups excluding carboxylic acids is 1. The summed E-state index contributed by atoms with van der Waals surface area (Å²) < 4.78 is 10.7. The van der Waals surface area contributed by atoms with Crippen LogP contribution >= 0.6 is 34.5 Å². The molecular formula is C18H14Cl2N2O3S. The summed E-state index contributed by atoms with van der Waals surface area (Å²) in [7, 11) is 1.60. The summed E-state index contributed by atoms with van der Waals surface area (Å²) in [5.74, 6) is 0.722. The monoisotopic (exact) mass is 408 g/mol. The maximum Gasteiger partial charge on any atom is 0.264 e. The first kappa shape index (κ1) is 18.5. The number of benzene rings is 2. The first-order chi connectivity index (χ1) is 12.6. The van der Waals surface area contributed by atoms with Crippen molar-refractivity contribution in [2.24, 2.45) is 0 Å². The van der Waals surface area contributed by atoms with Gasteiger partial charge in [-0.3, -0.25) is 10.1 Å². The molecule has 0 radical (unpaired) electrons. The summed E-state index contributed by atoms with van der Waals surface area (Å²) in [6.45, 7) is -0.205. The molecule has 1 aromatic heterocycles. The van der Waals surface area contributed by atoms with Gasteiger partial charge in [0.15, 0.2) is 11.7 Å². The molecule has 3 rings (SSSR count). The molecule has 1 amide bonds. The lowest BCUT2D eigenvalue weighted by atomic mass is 10.1. The van der Waals surface area contributed by atoms with Crippen molar-refractivity contribution in [3.63, 3.8) is 0 Å². The third kappa shape index (κ3) is 4.46. The summed E-state index contributed by atoms with van der Waals surface area (Å²) in [4.78, 5) is 16.5. The highest BCUT2D eigenvalue weighted by molar-refractivity contribution is 7.14. The maximum absolute atomic E-state index is 12.1. The Morgan fingerprint density at radius 2 is 2.00 bits per heavy atom. The fraction of sp³-hybridized carbons (Fsp3) is 0.111. The molecule has 0 aliphatic carbocycles. The summed E-state index contributed by atoms with van der Waals surface area (Å²) >= 11 is 13.2. The molecular weight excluding hydrogens is 395 g/mol. The van der Waals surface area contributed by atoms with Crippen LogP contribution in [0.2, 0.25) is 10.0 Å². The van der Waals surface area contributed by atoms with Crippen LogP contribution in [0.3, 0.4) is 0 Å². The van der Waals surface area contributed by atoms with Crippen molar-refractivity contribution in [1.29, 1.82) is 0 Å². The third-order valence-electron chi connectivity index (χ3n) is 3.39. The highest BCUT2D eigenvalue weighted by Gasteiger charge is 2.12. The van der Waals surface area contributed by atoms with E-state index in [0.717, 1.165) is 17.0 Å². The predicted molar refractivity (Wildman–Crippen MR) is 105 cm³/mol. The number of hydrogen-bond donors (Lipinski definition) is 1. The predicted octanol–water partition coefficient (Wildman–Crippen LogP) is 5.14. The first-order valence-electron chi connectivity index (χ1n) is 7.53. The molecule has 1 N–H and O–H groups in total. The van der Waals surface area contributed by atoms with E-state index in [1.165, 1.54) is 11.3 Å². The number of anilines is 1. The van der Waals surface area contributed by atoms with Crippen LogP contribution < -0.4 is 14.8 Å². The highest BCUT2D eigenvalue weighted by Crippen LogP contribution is 2.32. The lowest BCUT2D eigenvalue weighted by Gasteiger charge is -2.08. The van der Waals surface area contributed by atoms with Crippen LogP contribution in [0.1, 0.15) is 0 Å². The summed E-state index contributed by atoms with van der Waals surface area (Å²) in [6, 6.07) is 12.4. The Morgan fingerprint density at radius 3 is 2.81 bits per heavy atom. The lowest BCUT2D eigenvalue weighted by Crippen LogP contribution is -2.20. The molecule has 3 aromatic rings. The minimum absolute atomic E-state index is 0.205. The number of ether oxygens (including phenoxy) is 2. The molecule has 0 spiro atoms. The van der Waals surface area contributed by atoms with E-state index in [1.54, 1.807) is 25.3 Å². The number of methoxy groups -OCH3 is 1. The van der Waals surface area contributed by atoms with Crippen molar-refractivity contribution in [1.82, 2.24) is 4.98 Å². The van der Waals surface area contributed by atoms with E-state index in [4.69, 9.17) is 32.7 Å². The lowest BCUT2D eigenvalue weighted by molar-refractivity contribution is -0.118. The number of para-hydroxylation sites is 1. The van der Waals surface area contributed by atoms with Gasteiger partial charge in [-0.25, -0.2) is 4.98 Å². The van der Waals surface area contributed by atoms with Crippen molar-refractivity contribution in [3.8, 4) is 22.8 Å². The van der Waals surface area contributed by atoms with Gasteiger partial charge in [-0.15, -0.1) is 11.3 Å². The minimum atomic E-state index is -0.345. The van der Waals surface area contributed by atoms with Crippen LogP contribution in [0.4, 0.5) is 5.13 Å². The van der Waals surface area contributed by atoms with Crippen LogP contribution in [0, 0.1) is 0 Å². The van der Waals surface area contributed by atoms with Gasteiger partial charge < -0.3 is 9.47 Å². The molecule has 2 aromatic carbocycles. The second-order valence-electron chi connectivity index (χ2n) is 5.15. The standard InChI is InChI=1S/C18H14Cl2N2O3S/c1-24-15-5-3-2-4-12(15)14-10-26-18(21-14)22-17(23)9-25-16-8-11(19)6-7-13(16)20/h2-8,10H,9H2,1H3,(H,21,22,23). The van der Waals surface area contributed by atoms with Crippen molar-refractivity contribution < 1.29 is 14.3 Å². The normalized spacial score (nSPS) is 10.4. The van der Waals surface area contributed by atoms with Crippen molar-refractivity contribution >= 4 is 45.6 Å². The van der Waals surface area contributed by atoms with Crippen molar-refractivity contribution in [2.75, 3.05) is 19.0 Å². The van der Waals surface area contributed by atoms with Gasteiger partial charge in [-0.05, 0) is 24.3 Å². The topological polar surface area (TPSA) is 60.5 Å². The Kier molecular flexibility index (Phi) is 5.98. The fourth-order valence-electron chi connectivity index (χ4n) is 2.20. The fourth-order valence-corrected chi connectivity index (χ4v) is 3.26. The molecule has 5 nitrogen and oxygen atoms in total. The number of halogens is 2. The van der Waals surface area contributed by atoms with Gasteiger partial charge in [0.05, 0.1) is 17.8 Å². The average molecular weight is 409 g/mol. The van der Waals surface area contributed by atoms with Gasteiger partial charge in [0.25, 0.3) is 5.91 Å². The quantitative estimate of drug-likeness (QED) is 0.612. The maximum atomic E-state index is 12.1. The molecule has 0 bridgehead atoms. The zero-order chi connectivity index (χ0) is 18.5. The summed E-state index contributed by atoms with van der Waals surface area (Å²) in [5, 5.41) is 5.88. The van der Waals surface area contributed by atoms with Gasteiger partial charge in [0.2, 0.25) is 0 Å². The molecule has 0 atom stereocenters. The molecule has 26 heavy (non-hydrogen) atoms. The number of nitrogens with one attached hydrogen (secondary N) is 1. The summed E-state index contributed by atoms with van der Waals surface area (Å²) in [6.07, 6.45) is 0. The first-order valence-corrected chi connectivity index (χ1v) is 9.17. The van der Waals surface area contributed by atoms with Crippen LogP contribution in [0.5, 0.6) is 11.5 Å². The number of hydrogen-bond acceptors (Lipinski definition) is 5. The van der Waals surface area contributed by atoms with Crippen LogP contribution in [0.15, 0.2) is 47.8 Å². The van der Waals surface area contributed by atoms with Gasteiger partial charge in [0, 0.05) is 22.0 Å². The molecule has 1 heterocycles. The van der Waals surface area contributed by atoms with E-state index >= 15 is 0 Å².